The normalized spacial score (nSPS) is 28.5. The Balaban J connectivity index is 1.16. The number of rotatable bonds is 1. The van der Waals surface area contributed by atoms with Gasteiger partial charge in [-0.15, -0.1) is 11.3 Å². The Labute approximate surface area is 400 Å². The highest BCUT2D eigenvalue weighted by Crippen LogP contribution is 2.78. The lowest BCUT2D eigenvalue weighted by molar-refractivity contribution is 0.0990. The Morgan fingerprint density at radius 3 is 2.00 bits per heavy atom. The summed E-state index contributed by atoms with van der Waals surface area (Å²) in [7, 11) is 0. The Morgan fingerprint density at radius 2 is 1.30 bits per heavy atom. The number of thiophene rings is 1. The first-order valence-corrected chi connectivity index (χ1v) is 26.6. The van der Waals surface area contributed by atoms with Crippen molar-refractivity contribution in [1.82, 2.24) is 0 Å². The summed E-state index contributed by atoms with van der Waals surface area (Å²) in [5.74, 6) is 0.717. The molecule has 4 heteroatoms. The van der Waals surface area contributed by atoms with Crippen LogP contribution in [-0.2, 0) is 27.1 Å². The van der Waals surface area contributed by atoms with Gasteiger partial charge in [-0.05, 0) is 164 Å². The van der Waals surface area contributed by atoms with Crippen molar-refractivity contribution in [3.05, 3.63) is 118 Å². The Morgan fingerprint density at radius 1 is 0.621 bits per heavy atom. The first-order chi connectivity index (χ1) is 31.0. The minimum atomic E-state index is -0.0499. The summed E-state index contributed by atoms with van der Waals surface area (Å²) in [5.41, 5.74) is 22.6. The van der Waals surface area contributed by atoms with Gasteiger partial charge < -0.3 is 9.80 Å². The van der Waals surface area contributed by atoms with Crippen molar-refractivity contribution in [3.63, 3.8) is 0 Å². The summed E-state index contributed by atoms with van der Waals surface area (Å²) in [6, 6.07) is 35.5. The molecule has 66 heavy (non-hydrogen) atoms. The summed E-state index contributed by atoms with van der Waals surface area (Å²) >= 11 is 2.08. The molecule has 4 aliphatic carbocycles. The van der Waals surface area contributed by atoms with Crippen LogP contribution in [0, 0.1) is 16.7 Å². The van der Waals surface area contributed by atoms with Gasteiger partial charge in [0.05, 0.1) is 11.2 Å². The van der Waals surface area contributed by atoms with Crippen molar-refractivity contribution in [1.29, 1.82) is 0 Å². The van der Waals surface area contributed by atoms with Gasteiger partial charge in [-0.3, -0.25) is 0 Å². The maximum Gasteiger partial charge on any atom is 0.264 e. The number of fused-ring (bicyclic) bond motifs is 17. The van der Waals surface area contributed by atoms with Crippen molar-refractivity contribution in [3.8, 4) is 11.1 Å². The molecule has 0 amide bonds. The van der Waals surface area contributed by atoms with Gasteiger partial charge in [0.1, 0.15) is 0 Å². The molecule has 338 valence electrons. The Hall–Kier alpha value is -4.28. The fraction of sp³-hybridized carbons (Fsp3) is 0.484. The lowest BCUT2D eigenvalue weighted by Gasteiger charge is -2.53. The zero-order chi connectivity index (χ0) is 46.3. The van der Waals surface area contributed by atoms with Crippen LogP contribution in [0.1, 0.15) is 175 Å². The molecule has 13 rings (SSSR count). The molecule has 6 aromatic rings. The Bertz CT molecular complexity index is 3150. The molecule has 3 fully saturated rings. The third-order valence-electron chi connectivity index (χ3n) is 20.5. The summed E-state index contributed by atoms with van der Waals surface area (Å²) < 4.78 is 2.91. The van der Waals surface area contributed by atoms with Crippen molar-refractivity contribution in [2.45, 2.75) is 174 Å². The molecule has 3 saturated carbocycles. The molecule has 0 N–H and O–H groups in total. The number of nitrogens with zero attached hydrogens (tertiary/aromatic N) is 2. The van der Waals surface area contributed by atoms with Gasteiger partial charge in [0.2, 0.25) is 0 Å². The van der Waals surface area contributed by atoms with E-state index >= 15 is 0 Å². The summed E-state index contributed by atoms with van der Waals surface area (Å²) in [6.45, 7) is 35.1. The van der Waals surface area contributed by atoms with E-state index in [1.807, 2.05) is 0 Å². The van der Waals surface area contributed by atoms with Gasteiger partial charge in [0.25, 0.3) is 6.71 Å². The second kappa shape index (κ2) is 12.5. The van der Waals surface area contributed by atoms with Crippen molar-refractivity contribution in [2.24, 2.45) is 16.7 Å². The van der Waals surface area contributed by atoms with Gasteiger partial charge in [0.15, 0.2) is 0 Å². The largest absolute Gasteiger partial charge is 0.335 e. The van der Waals surface area contributed by atoms with Crippen LogP contribution in [0.15, 0.2) is 84.9 Å². The van der Waals surface area contributed by atoms with E-state index in [1.54, 1.807) is 16.7 Å². The van der Waals surface area contributed by atoms with Gasteiger partial charge in [-0.1, -0.05) is 151 Å². The quantitative estimate of drug-likeness (QED) is 0.152. The fourth-order valence-corrected chi connectivity index (χ4v) is 17.3. The van der Waals surface area contributed by atoms with E-state index in [9.17, 15) is 0 Å². The van der Waals surface area contributed by atoms with Gasteiger partial charge in [0, 0.05) is 48.4 Å². The smallest absolute Gasteiger partial charge is 0.264 e. The average molecular weight is 887 g/mol. The molecule has 5 atom stereocenters. The van der Waals surface area contributed by atoms with Crippen molar-refractivity contribution >= 4 is 72.3 Å². The molecule has 3 aliphatic heterocycles. The third-order valence-corrected chi connectivity index (χ3v) is 21.8. The predicted molar refractivity (Wildman–Crippen MR) is 286 cm³/mol. The van der Waals surface area contributed by atoms with E-state index in [0.717, 1.165) is 5.92 Å². The van der Waals surface area contributed by atoms with Crippen LogP contribution >= 0.6 is 11.3 Å². The second-order valence-electron chi connectivity index (χ2n) is 26.8. The molecule has 4 heterocycles. The van der Waals surface area contributed by atoms with Crippen LogP contribution in [0.4, 0.5) is 28.4 Å². The highest BCUT2D eigenvalue weighted by Gasteiger charge is 2.71. The van der Waals surface area contributed by atoms with E-state index in [-0.39, 0.29) is 50.2 Å². The summed E-state index contributed by atoms with van der Waals surface area (Å²) in [6.07, 6.45) is 8.89. The highest BCUT2D eigenvalue weighted by atomic mass is 32.1. The molecular weight excluding hydrogens is 816 g/mol. The molecule has 2 nitrogen and oxygen atoms in total. The molecule has 2 bridgehead atoms. The number of benzene rings is 5. The molecule has 0 radical (unpaired) electrons. The molecular formula is C62H71BN2S. The predicted octanol–water partition coefficient (Wildman–Crippen LogP) is 15.3. The number of hydrogen-bond donors (Lipinski definition) is 0. The zero-order valence-electron chi connectivity index (χ0n) is 42.5. The maximum absolute atomic E-state index is 2.95. The third kappa shape index (κ3) is 4.77. The first kappa shape index (κ1) is 41.9. The highest BCUT2D eigenvalue weighted by molar-refractivity contribution is 7.33. The van der Waals surface area contributed by atoms with Crippen LogP contribution in [0.25, 0.3) is 21.2 Å². The van der Waals surface area contributed by atoms with E-state index in [4.69, 9.17) is 0 Å². The standard InChI is InChI=1S/C62H71BN2S/c1-55(2,3)36-21-24-50-43(29-36)52-54(66-50)63-47-31-38(56(4,5)6)30-46-53(47)65(61(14)27-18-17-26-59(46,61)12)49-33-39(57(7,8)9)32-48(51(49)63)64(52)40-22-23-42-41-19-15-16-20-44(41)62(45(42)34-40)35-37-25-28-60(62,13)58(37,10)11/h15-16,19-24,29-34,37H,17-18,25-28,35H2,1-14H3. The van der Waals surface area contributed by atoms with Gasteiger partial charge in [-0.25, -0.2) is 0 Å². The lowest BCUT2D eigenvalue weighted by Crippen LogP contribution is -2.64. The summed E-state index contributed by atoms with van der Waals surface area (Å²) in [5, 5.41) is 1.40. The van der Waals surface area contributed by atoms with Crippen molar-refractivity contribution < 1.29 is 0 Å². The van der Waals surface area contributed by atoms with Crippen LogP contribution in [0.3, 0.4) is 0 Å². The molecule has 1 spiro atoms. The lowest BCUT2D eigenvalue weighted by atomic mass is 9.35. The van der Waals surface area contributed by atoms with E-state index in [0.29, 0.717) is 0 Å². The molecule has 1 aromatic heterocycles. The number of anilines is 5. The van der Waals surface area contributed by atoms with Crippen LogP contribution in [0.2, 0.25) is 0 Å². The molecule has 5 unspecified atom stereocenters. The van der Waals surface area contributed by atoms with Gasteiger partial charge >= 0.3 is 0 Å². The minimum Gasteiger partial charge on any atom is -0.335 e. The topological polar surface area (TPSA) is 6.48 Å². The van der Waals surface area contributed by atoms with Crippen molar-refractivity contribution in [2.75, 3.05) is 9.80 Å². The molecule has 7 aliphatic rings. The van der Waals surface area contributed by atoms with Gasteiger partial charge in [-0.2, -0.15) is 0 Å². The average Bonchev–Trinajstić information content (AvgIpc) is 3.94. The summed E-state index contributed by atoms with van der Waals surface area (Å²) in [4.78, 5) is 5.77. The Kier molecular flexibility index (Phi) is 7.92. The molecule has 0 saturated heterocycles. The first-order valence-electron chi connectivity index (χ1n) is 25.7. The monoisotopic (exact) mass is 887 g/mol. The number of hydrogen-bond acceptors (Lipinski definition) is 3. The van der Waals surface area contributed by atoms with Crippen LogP contribution in [-0.4, -0.2) is 12.3 Å². The van der Waals surface area contributed by atoms with E-state index < -0.39 is 0 Å². The molecule has 5 aromatic carbocycles. The minimum absolute atomic E-state index is 0.0143. The van der Waals surface area contributed by atoms with E-state index in [2.05, 4.69) is 203 Å². The van der Waals surface area contributed by atoms with E-state index in [1.165, 1.54) is 127 Å². The maximum atomic E-state index is 2.95. The SMILES string of the molecule is CC(C)(C)c1cc2c3c(c1)N1c4c(cc(C(C)(C)C)cc4C4(C)CCCCC14C)B3c1sc3ccc(C(C)(C)C)cc3c1N2c1ccc2c(c1)C1(CC3CCC1(C)C3(C)C)c1ccccc1-2. The second-order valence-corrected chi connectivity index (χ2v) is 27.8. The van der Waals surface area contributed by atoms with Crippen LogP contribution < -0.4 is 25.5 Å². The van der Waals surface area contributed by atoms with Crippen LogP contribution in [0.5, 0.6) is 0 Å². The zero-order valence-corrected chi connectivity index (χ0v) is 43.3. The fourth-order valence-electron chi connectivity index (χ4n) is 16.0.